The van der Waals surface area contributed by atoms with Crippen molar-refractivity contribution in [2.24, 2.45) is 5.73 Å². The Morgan fingerprint density at radius 2 is 2.05 bits per heavy atom. The summed E-state index contributed by atoms with van der Waals surface area (Å²) in [5, 5.41) is 0. The van der Waals surface area contributed by atoms with E-state index in [-0.39, 0.29) is 5.60 Å². The highest BCUT2D eigenvalue weighted by Gasteiger charge is 2.43. The van der Waals surface area contributed by atoms with Crippen molar-refractivity contribution in [2.75, 3.05) is 13.1 Å². The summed E-state index contributed by atoms with van der Waals surface area (Å²) in [7, 11) is 0. The normalized spacial score (nSPS) is 25.2. The highest BCUT2D eigenvalue weighted by Crippen LogP contribution is 2.42. The van der Waals surface area contributed by atoms with Crippen molar-refractivity contribution in [1.29, 1.82) is 0 Å². The van der Waals surface area contributed by atoms with Gasteiger partial charge in [-0.3, -0.25) is 0 Å². The summed E-state index contributed by atoms with van der Waals surface area (Å²) in [5.41, 5.74) is 8.35. The molecule has 0 radical (unpaired) electrons. The van der Waals surface area contributed by atoms with Crippen LogP contribution in [0.3, 0.4) is 0 Å². The van der Waals surface area contributed by atoms with E-state index in [1.807, 2.05) is 0 Å². The predicted molar refractivity (Wildman–Crippen MR) is 79.8 cm³/mol. The van der Waals surface area contributed by atoms with E-state index in [0.717, 1.165) is 18.2 Å². The number of hydrogen-bond acceptors (Lipinski definition) is 3. The first-order valence-corrected chi connectivity index (χ1v) is 8.03. The van der Waals surface area contributed by atoms with Crippen molar-refractivity contribution >= 4 is 0 Å². The molecule has 1 saturated carbocycles. The van der Waals surface area contributed by atoms with Gasteiger partial charge in [-0.1, -0.05) is 18.6 Å². The van der Waals surface area contributed by atoms with Crippen LogP contribution in [0.1, 0.15) is 43.2 Å². The smallest absolute Gasteiger partial charge is 0.123 e. The predicted octanol–water partition coefficient (Wildman–Crippen LogP) is 2.47. The third kappa shape index (κ3) is 2.04. The largest absolute Gasteiger partial charge is 0.487 e. The Hall–Kier alpha value is -1.06. The monoisotopic (exact) mass is 272 g/mol. The van der Waals surface area contributed by atoms with Gasteiger partial charge in [-0.05, 0) is 30.0 Å². The summed E-state index contributed by atoms with van der Waals surface area (Å²) < 4.78 is 6.38. The summed E-state index contributed by atoms with van der Waals surface area (Å²) in [6.45, 7) is 3.02. The van der Waals surface area contributed by atoms with Gasteiger partial charge in [0.25, 0.3) is 0 Å². The van der Waals surface area contributed by atoms with Crippen LogP contribution in [0.4, 0.5) is 0 Å². The van der Waals surface area contributed by atoms with E-state index in [1.54, 1.807) is 0 Å². The molecule has 2 heterocycles. The fourth-order valence-electron chi connectivity index (χ4n) is 3.91. The van der Waals surface area contributed by atoms with E-state index in [1.165, 1.54) is 56.3 Å². The molecule has 1 saturated heterocycles. The first kappa shape index (κ1) is 12.7. The first-order valence-electron chi connectivity index (χ1n) is 8.03. The standard InChI is InChI=1S/C17H24N2O/c18-12-13-4-5-14-11-17(20-16(14)10-13)6-8-19(9-7-17)15-2-1-3-15/h4-5,10,15H,1-3,6-9,11-12,18H2. The van der Waals surface area contributed by atoms with Gasteiger partial charge in [-0.2, -0.15) is 0 Å². The van der Waals surface area contributed by atoms with Crippen LogP contribution in [0.15, 0.2) is 18.2 Å². The molecule has 1 aromatic carbocycles. The number of ether oxygens (including phenoxy) is 1. The molecule has 2 fully saturated rings. The molecule has 108 valence electrons. The molecule has 1 aliphatic carbocycles. The molecule has 0 unspecified atom stereocenters. The number of benzene rings is 1. The van der Waals surface area contributed by atoms with Crippen LogP contribution < -0.4 is 10.5 Å². The molecule has 0 bridgehead atoms. The molecule has 2 aliphatic heterocycles. The topological polar surface area (TPSA) is 38.5 Å². The van der Waals surface area contributed by atoms with Crippen LogP contribution in [0.5, 0.6) is 5.75 Å². The zero-order chi connectivity index (χ0) is 13.6. The molecule has 0 amide bonds. The van der Waals surface area contributed by atoms with Gasteiger partial charge in [0.1, 0.15) is 11.4 Å². The van der Waals surface area contributed by atoms with E-state index >= 15 is 0 Å². The quantitative estimate of drug-likeness (QED) is 0.899. The van der Waals surface area contributed by atoms with Crippen molar-refractivity contribution in [3.05, 3.63) is 29.3 Å². The highest BCUT2D eigenvalue weighted by molar-refractivity contribution is 5.42. The van der Waals surface area contributed by atoms with Gasteiger partial charge >= 0.3 is 0 Å². The van der Waals surface area contributed by atoms with Crippen LogP contribution in [0.25, 0.3) is 0 Å². The molecule has 3 aliphatic rings. The van der Waals surface area contributed by atoms with Gasteiger partial charge in [0.2, 0.25) is 0 Å². The lowest BCUT2D eigenvalue weighted by atomic mass is 9.84. The van der Waals surface area contributed by atoms with Gasteiger partial charge in [0.15, 0.2) is 0 Å². The Morgan fingerprint density at radius 1 is 1.25 bits per heavy atom. The van der Waals surface area contributed by atoms with Crippen molar-refractivity contribution < 1.29 is 4.74 Å². The second-order valence-corrected chi connectivity index (χ2v) is 6.73. The van der Waals surface area contributed by atoms with Crippen molar-refractivity contribution in [3.63, 3.8) is 0 Å². The Labute approximate surface area is 121 Å². The minimum absolute atomic E-state index is 0.0792. The number of likely N-dealkylation sites (tertiary alicyclic amines) is 1. The molecule has 4 rings (SSSR count). The fourth-order valence-corrected chi connectivity index (χ4v) is 3.91. The van der Waals surface area contributed by atoms with Gasteiger partial charge in [-0.15, -0.1) is 0 Å². The average Bonchev–Trinajstić information content (AvgIpc) is 2.76. The summed E-state index contributed by atoms with van der Waals surface area (Å²) >= 11 is 0. The van der Waals surface area contributed by atoms with Crippen molar-refractivity contribution in [3.8, 4) is 5.75 Å². The maximum Gasteiger partial charge on any atom is 0.123 e. The molecule has 0 atom stereocenters. The molecule has 1 aromatic rings. The number of fused-ring (bicyclic) bond motifs is 1. The van der Waals surface area contributed by atoms with Crippen LogP contribution in [0.2, 0.25) is 0 Å². The maximum atomic E-state index is 6.38. The third-order valence-electron chi connectivity index (χ3n) is 5.51. The van der Waals surface area contributed by atoms with Gasteiger partial charge in [0, 0.05) is 44.9 Å². The molecule has 3 nitrogen and oxygen atoms in total. The van der Waals surface area contributed by atoms with Crippen molar-refractivity contribution in [2.45, 2.75) is 56.7 Å². The van der Waals surface area contributed by atoms with E-state index in [0.29, 0.717) is 6.54 Å². The Bertz CT molecular complexity index is 502. The zero-order valence-corrected chi connectivity index (χ0v) is 12.1. The molecule has 0 aromatic heterocycles. The average molecular weight is 272 g/mol. The third-order valence-corrected chi connectivity index (χ3v) is 5.51. The maximum absolute atomic E-state index is 6.38. The number of hydrogen-bond donors (Lipinski definition) is 1. The molecular weight excluding hydrogens is 248 g/mol. The summed E-state index contributed by atoms with van der Waals surface area (Å²) in [4.78, 5) is 2.69. The van der Waals surface area contributed by atoms with Crippen LogP contribution in [-0.4, -0.2) is 29.6 Å². The van der Waals surface area contributed by atoms with E-state index < -0.39 is 0 Å². The first-order chi connectivity index (χ1) is 9.78. The van der Waals surface area contributed by atoms with Gasteiger partial charge in [-0.25, -0.2) is 0 Å². The second kappa shape index (κ2) is 4.74. The molecule has 1 spiro atoms. The molecule has 20 heavy (non-hydrogen) atoms. The Balaban J connectivity index is 1.46. The van der Waals surface area contributed by atoms with E-state index in [2.05, 4.69) is 23.1 Å². The minimum atomic E-state index is 0.0792. The van der Waals surface area contributed by atoms with Crippen molar-refractivity contribution in [1.82, 2.24) is 4.90 Å². The lowest BCUT2D eigenvalue weighted by molar-refractivity contribution is -0.00748. The zero-order valence-electron chi connectivity index (χ0n) is 12.1. The Morgan fingerprint density at radius 3 is 2.70 bits per heavy atom. The number of nitrogens with two attached hydrogens (primary N) is 1. The summed E-state index contributed by atoms with van der Waals surface area (Å²) in [6, 6.07) is 7.37. The summed E-state index contributed by atoms with van der Waals surface area (Å²) in [6.07, 6.45) is 7.69. The van der Waals surface area contributed by atoms with Gasteiger partial charge < -0.3 is 15.4 Å². The van der Waals surface area contributed by atoms with E-state index in [9.17, 15) is 0 Å². The SMILES string of the molecule is NCc1ccc2c(c1)OC1(CCN(C3CCC3)CC1)C2. The second-order valence-electron chi connectivity index (χ2n) is 6.73. The number of nitrogens with zero attached hydrogens (tertiary/aromatic N) is 1. The van der Waals surface area contributed by atoms with Crippen LogP contribution in [0, 0.1) is 0 Å². The summed E-state index contributed by atoms with van der Waals surface area (Å²) in [5.74, 6) is 1.09. The highest BCUT2D eigenvalue weighted by atomic mass is 16.5. The molecular formula is C17H24N2O. The Kier molecular flexibility index (Phi) is 3.00. The van der Waals surface area contributed by atoms with Crippen LogP contribution in [-0.2, 0) is 13.0 Å². The molecule has 2 N–H and O–H groups in total. The van der Waals surface area contributed by atoms with Gasteiger partial charge in [0.05, 0.1) is 0 Å². The lowest BCUT2D eigenvalue weighted by Crippen LogP contribution is -2.52. The number of piperidine rings is 1. The fraction of sp³-hybridized carbons (Fsp3) is 0.647. The van der Waals surface area contributed by atoms with E-state index in [4.69, 9.17) is 10.5 Å². The number of rotatable bonds is 2. The molecule has 3 heteroatoms. The lowest BCUT2D eigenvalue weighted by Gasteiger charge is -2.45. The van der Waals surface area contributed by atoms with Crippen LogP contribution >= 0.6 is 0 Å². The minimum Gasteiger partial charge on any atom is -0.487 e.